The number of nitrogens with one attached hydrogen (secondary N) is 1. The van der Waals surface area contributed by atoms with Gasteiger partial charge in [-0.2, -0.15) is 0 Å². The number of halogens is 2. The van der Waals surface area contributed by atoms with Gasteiger partial charge in [0, 0.05) is 18.2 Å². The second kappa shape index (κ2) is 10.7. The maximum atomic E-state index is 15.3. The predicted octanol–water partition coefficient (Wildman–Crippen LogP) is 6.41. The summed E-state index contributed by atoms with van der Waals surface area (Å²) in [6, 6.07) is 7.87. The Morgan fingerprint density at radius 1 is 1.00 bits per heavy atom. The largest absolute Gasteiger partial charge is 0.493 e. The van der Waals surface area contributed by atoms with E-state index >= 15 is 4.39 Å². The van der Waals surface area contributed by atoms with Gasteiger partial charge in [0.25, 0.3) is 5.91 Å². The van der Waals surface area contributed by atoms with Crippen molar-refractivity contribution in [3.05, 3.63) is 64.2 Å². The van der Waals surface area contributed by atoms with Crippen molar-refractivity contribution in [3.63, 3.8) is 0 Å². The summed E-state index contributed by atoms with van der Waals surface area (Å²) >= 11 is 0. The Balaban J connectivity index is 1.32. The SMILES string of the molecule is CCOc1cc(F)c(CC(CC)C(=O)O)cc1CNC(=O)c1ccc(C23CC4CC(CC(C4)C2)C3)cc1F. The third-order valence-electron chi connectivity index (χ3n) is 9.14. The minimum atomic E-state index is -0.983. The van der Waals surface area contributed by atoms with Crippen molar-refractivity contribution in [2.24, 2.45) is 23.7 Å². The molecule has 2 aromatic carbocycles. The fourth-order valence-electron chi connectivity index (χ4n) is 7.67. The first-order chi connectivity index (χ1) is 18.2. The van der Waals surface area contributed by atoms with Gasteiger partial charge in [0.1, 0.15) is 17.4 Å². The zero-order valence-corrected chi connectivity index (χ0v) is 22.2. The van der Waals surface area contributed by atoms with E-state index in [-0.39, 0.29) is 35.3 Å². The summed E-state index contributed by atoms with van der Waals surface area (Å²) in [4.78, 5) is 24.5. The van der Waals surface area contributed by atoms with E-state index in [0.717, 1.165) is 42.6 Å². The van der Waals surface area contributed by atoms with Gasteiger partial charge in [-0.3, -0.25) is 9.59 Å². The van der Waals surface area contributed by atoms with Crippen molar-refractivity contribution in [3.8, 4) is 5.75 Å². The molecule has 5 nitrogen and oxygen atoms in total. The first-order valence-corrected chi connectivity index (χ1v) is 14.0. The second-order valence-corrected chi connectivity index (χ2v) is 11.7. The quantitative estimate of drug-likeness (QED) is 0.376. The molecule has 1 amide bonds. The van der Waals surface area contributed by atoms with E-state index in [1.54, 1.807) is 32.0 Å². The van der Waals surface area contributed by atoms with Crippen molar-refractivity contribution in [1.82, 2.24) is 5.32 Å². The summed E-state index contributed by atoms with van der Waals surface area (Å²) < 4.78 is 35.6. The van der Waals surface area contributed by atoms with Gasteiger partial charge >= 0.3 is 5.97 Å². The van der Waals surface area contributed by atoms with Gasteiger partial charge < -0.3 is 15.2 Å². The highest BCUT2D eigenvalue weighted by Gasteiger charge is 2.51. The minimum absolute atomic E-state index is 0.00147. The molecule has 0 spiro atoms. The van der Waals surface area contributed by atoms with Crippen LogP contribution >= 0.6 is 0 Å². The number of hydrogen-bond acceptors (Lipinski definition) is 3. The number of carbonyl (C=O) groups is 2. The molecule has 4 aliphatic carbocycles. The molecule has 0 heterocycles. The van der Waals surface area contributed by atoms with Gasteiger partial charge in [-0.25, -0.2) is 8.78 Å². The monoisotopic (exact) mass is 525 g/mol. The molecule has 0 radical (unpaired) electrons. The lowest BCUT2D eigenvalue weighted by Gasteiger charge is -2.57. The Morgan fingerprint density at radius 3 is 2.21 bits per heavy atom. The van der Waals surface area contributed by atoms with Crippen LogP contribution in [0.15, 0.2) is 30.3 Å². The third-order valence-corrected chi connectivity index (χ3v) is 9.14. The summed E-state index contributed by atoms with van der Waals surface area (Å²) in [5.74, 6) is -0.807. The van der Waals surface area contributed by atoms with Crippen LogP contribution in [0.2, 0.25) is 0 Å². The fraction of sp³-hybridized carbons (Fsp3) is 0.548. The molecule has 2 N–H and O–H groups in total. The van der Waals surface area contributed by atoms with Crippen LogP contribution in [0.4, 0.5) is 8.78 Å². The molecule has 0 aliphatic heterocycles. The highest BCUT2D eigenvalue weighted by molar-refractivity contribution is 5.94. The molecule has 6 rings (SSSR count). The molecule has 7 heteroatoms. The smallest absolute Gasteiger partial charge is 0.306 e. The highest BCUT2D eigenvalue weighted by Crippen LogP contribution is 2.60. The van der Waals surface area contributed by atoms with Crippen molar-refractivity contribution in [1.29, 1.82) is 0 Å². The third kappa shape index (κ3) is 5.16. The standard InChI is InChI=1S/C31H37F2NO4/c1-3-21(30(36)37)10-22-11-23(28(38-4-2)13-26(22)32)17-34-29(35)25-6-5-24(12-27(25)33)31-14-18-7-19(15-31)9-20(8-18)16-31/h5-6,11-13,18-21H,3-4,7-10,14-17H2,1-2H3,(H,34,35)(H,36,37). The zero-order valence-electron chi connectivity index (χ0n) is 22.2. The maximum absolute atomic E-state index is 15.3. The van der Waals surface area contributed by atoms with Crippen LogP contribution in [-0.4, -0.2) is 23.6 Å². The van der Waals surface area contributed by atoms with Crippen LogP contribution < -0.4 is 10.1 Å². The summed E-state index contributed by atoms with van der Waals surface area (Å²) in [6.07, 6.45) is 7.71. The number of carboxylic acid groups (broad SMARTS) is 1. The Hall–Kier alpha value is -2.96. The molecular weight excluding hydrogens is 488 g/mol. The van der Waals surface area contributed by atoms with E-state index in [4.69, 9.17) is 4.74 Å². The lowest BCUT2D eigenvalue weighted by atomic mass is 9.48. The number of ether oxygens (including phenoxy) is 1. The van der Waals surface area contributed by atoms with E-state index in [9.17, 15) is 19.1 Å². The number of benzene rings is 2. The van der Waals surface area contributed by atoms with Crippen LogP contribution in [0.5, 0.6) is 5.75 Å². The average Bonchev–Trinajstić information content (AvgIpc) is 2.86. The number of carbonyl (C=O) groups excluding carboxylic acids is 1. The van der Waals surface area contributed by atoms with Crippen LogP contribution in [-0.2, 0) is 23.2 Å². The van der Waals surface area contributed by atoms with E-state index in [1.165, 1.54) is 25.3 Å². The molecular formula is C31H37F2NO4. The molecule has 4 saturated carbocycles. The predicted molar refractivity (Wildman–Crippen MR) is 140 cm³/mol. The number of carboxylic acids is 1. The van der Waals surface area contributed by atoms with Gasteiger partial charge in [-0.15, -0.1) is 0 Å². The van der Waals surface area contributed by atoms with Crippen LogP contribution in [0.3, 0.4) is 0 Å². The van der Waals surface area contributed by atoms with Gasteiger partial charge in [0.15, 0.2) is 0 Å². The fourth-order valence-corrected chi connectivity index (χ4v) is 7.67. The normalized spacial score (nSPS) is 26.3. The zero-order chi connectivity index (χ0) is 27.0. The van der Waals surface area contributed by atoms with Crippen molar-refractivity contribution >= 4 is 11.9 Å². The van der Waals surface area contributed by atoms with Crippen LogP contribution in [0.25, 0.3) is 0 Å². The van der Waals surface area contributed by atoms with E-state index in [2.05, 4.69) is 5.32 Å². The van der Waals surface area contributed by atoms with Crippen molar-refractivity contribution in [2.75, 3.05) is 6.61 Å². The second-order valence-electron chi connectivity index (χ2n) is 11.7. The molecule has 0 saturated heterocycles. The number of hydrogen-bond donors (Lipinski definition) is 2. The average molecular weight is 526 g/mol. The molecule has 2 aromatic rings. The number of aliphatic carboxylic acids is 1. The summed E-state index contributed by atoms with van der Waals surface area (Å²) in [6.45, 7) is 3.82. The first kappa shape index (κ1) is 26.6. The number of rotatable bonds is 10. The van der Waals surface area contributed by atoms with E-state index < -0.39 is 29.4 Å². The molecule has 204 valence electrons. The van der Waals surface area contributed by atoms with E-state index in [0.29, 0.717) is 18.6 Å². The Kier molecular flexibility index (Phi) is 7.47. The first-order valence-electron chi connectivity index (χ1n) is 14.0. The Morgan fingerprint density at radius 2 is 1.66 bits per heavy atom. The van der Waals surface area contributed by atoms with Gasteiger partial charge in [0.05, 0.1) is 18.1 Å². The lowest BCUT2D eigenvalue weighted by Crippen LogP contribution is -2.48. The van der Waals surface area contributed by atoms with E-state index in [1.807, 2.05) is 6.07 Å². The molecule has 1 atom stereocenters. The van der Waals surface area contributed by atoms with Crippen molar-refractivity contribution in [2.45, 2.75) is 77.2 Å². The minimum Gasteiger partial charge on any atom is -0.493 e. The highest BCUT2D eigenvalue weighted by atomic mass is 19.1. The van der Waals surface area contributed by atoms with Crippen molar-refractivity contribution < 1.29 is 28.2 Å². The molecule has 1 unspecified atom stereocenters. The number of amides is 1. The maximum Gasteiger partial charge on any atom is 0.306 e. The molecule has 0 aromatic heterocycles. The molecule has 4 aliphatic rings. The Labute approximate surface area is 223 Å². The lowest BCUT2D eigenvalue weighted by molar-refractivity contribution is -0.141. The van der Waals surface area contributed by atoms with Crippen LogP contribution in [0.1, 0.15) is 85.8 Å². The Bertz CT molecular complexity index is 1190. The summed E-state index contributed by atoms with van der Waals surface area (Å²) in [5, 5.41) is 12.1. The van der Waals surface area contributed by atoms with Gasteiger partial charge in [-0.1, -0.05) is 13.0 Å². The topological polar surface area (TPSA) is 75.6 Å². The van der Waals surface area contributed by atoms with Gasteiger partial charge in [-0.05, 0) is 111 Å². The summed E-state index contributed by atoms with van der Waals surface area (Å²) in [7, 11) is 0. The van der Waals surface area contributed by atoms with Gasteiger partial charge in [0.2, 0.25) is 0 Å². The summed E-state index contributed by atoms with van der Waals surface area (Å²) in [5.41, 5.74) is 1.82. The molecule has 4 bridgehead atoms. The molecule has 4 fully saturated rings. The van der Waals surface area contributed by atoms with Crippen LogP contribution in [0, 0.1) is 35.3 Å². The molecule has 38 heavy (non-hydrogen) atoms.